The zero-order valence-corrected chi connectivity index (χ0v) is 14.2. The van der Waals surface area contributed by atoms with Crippen molar-refractivity contribution in [1.29, 1.82) is 0 Å². The highest BCUT2D eigenvalue weighted by Crippen LogP contribution is 2.30. The van der Waals surface area contributed by atoms with Gasteiger partial charge in [0.2, 0.25) is 0 Å². The lowest BCUT2D eigenvalue weighted by Gasteiger charge is -2.23. The molecule has 1 aliphatic heterocycles. The topological polar surface area (TPSA) is 36.3 Å². The molecule has 0 N–H and O–H groups in total. The molecule has 128 valence electrons. The minimum Gasteiger partial charge on any atom is -0.487 e. The predicted molar refractivity (Wildman–Crippen MR) is 96.2 cm³/mol. The standard InChI is InChI=1S/C21H22N2O2/c1-3-8-17(9-4-1)15-25-21-12-7-13-23-20(21)14-18(22-23)16-24-19-10-5-2-6-11-19/h1-6,8-11,14,21H,7,12-13,15-16H2. The minimum absolute atomic E-state index is 0.104. The van der Waals surface area contributed by atoms with Crippen LogP contribution in [0.5, 0.6) is 5.75 Å². The molecule has 4 heteroatoms. The van der Waals surface area contributed by atoms with Gasteiger partial charge in [-0.1, -0.05) is 48.5 Å². The summed E-state index contributed by atoms with van der Waals surface area (Å²) in [5, 5.41) is 4.68. The Morgan fingerprint density at radius 2 is 1.72 bits per heavy atom. The SMILES string of the molecule is c1ccc(COC2CCCn3nc(COc4ccccc4)cc32)cc1. The van der Waals surface area contributed by atoms with E-state index in [1.165, 1.54) is 5.56 Å². The number of benzene rings is 2. The van der Waals surface area contributed by atoms with Gasteiger partial charge in [-0.3, -0.25) is 4.68 Å². The van der Waals surface area contributed by atoms with Gasteiger partial charge in [-0.2, -0.15) is 5.10 Å². The van der Waals surface area contributed by atoms with Crippen LogP contribution in [0.2, 0.25) is 0 Å². The first-order valence-corrected chi connectivity index (χ1v) is 8.78. The van der Waals surface area contributed by atoms with Gasteiger partial charge in [-0.05, 0) is 36.6 Å². The highest BCUT2D eigenvalue weighted by molar-refractivity contribution is 5.22. The van der Waals surface area contributed by atoms with E-state index in [0.717, 1.165) is 36.5 Å². The quantitative estimate of drug-likeness (QED) is 0.665. The van der Waals surface area contributed by atoms with Crippen molar-refractivity contribution in [2.75, 3.05) is 0 Å². The summed E-state index contributed by atoms with van der Waals surface area (Å²) in [6.07, 6.45) is 2.23. The van der Waals surface area contributed by atoms with Gasteiger partial charge in [0.05, 0.1) is 18.4 Å². The van der Waals surface area contributed by atoms with Gasteiger partial charge in [0.25, 0.3) is 0 Å². The van der Waals surface area contributed by atoms with Crippen molar-refractivity contribution in [3.8, 4) is 5.75 Å². The average Bonchev–Trinajstić information content (AvgIpc) is 3.10. The average molecular weight is 334 g/mol. The van der Waals surface area contributed by atoms with Crippen LogP contribution in [0.3, 0.4) is 0 Å². The normalized spacial score (nSPS) is 16.4. The molecule has 4 nitrogen and oxygen atoms in total. The van der Waals surface area contributed by atoms with E-state index in [-0.39, 0.29) is 6.10 Å². The zero-order valence-electron chi connectivity index (χ0n) is 14.2. The van der Waals surface area contributed by atoms with Crippen molar-refractivity contribution in [3.05, 3.63) is 83.7 Å². The molecule has 0 aliphatic carbocycles. The highest BCUT2D eigenvalue weighted by atomic mass is 16.5. The summed E-state index contributed by atoms with van der Waals surface area (Å²) in [6.45, 7) is 2.06. The summed E-state index contributed by atoms with van der Waals surface area (Å²) in [4.78, 5) is 0. The van der Waals surface area contributed by atoms with Crippen LogP contribution in [0.1, 0.15) is 35.9 Å². The van der Waals surface area contributed by atoms with Gasteiger partial charge in [0.1, 0.15) is 18.1 Å². The van der Waals surface area contributed by atoms with Crippen LogP contribution < -0.4 is 4.74 Å². The number of aryl methyl sites for hydroxylation is 1. The second-order valence-electron chi connectivity index (χ2n) is 6.31. The van der Waals surface area contributed by atoms with Gasteiger partial charge >= 0.3 is 0 Å². The molecule has 0 spiro atoms. The lowest BCUT2D eigenvalue weighted by molar-refractivity contribution is 0.0177. The largest absolute Gasteiger partial charge is 0.487 e. The first-order chi connectivity index (χ1) is 12.4. The summed E-state index contributed by atoms with van der Waals surface area (Å²) >= 11 is 0. The van der Waals surface area contributed by atoms with E-state index >= 15 is 0 Å². The molecule has 0 saturated heterocycles. The molecule has 0 amide bonds. The van der Waals surface area contributed by atoms with E-state index in [1.807, 2.05) is 48.5 Å². The van der Waals surface area contributed by atoms with E-state index in [0.29, 0.717) is 13.2 Å². The summed E-state index contributed by atoms with van der Waals surface area (Å²) in [5.74, 6) is 0.866. The van der Waals surface area contributed by atoms with Crippen LogP contribution in [0, 0.1) is 0 Å². The van der Waals surface area contributed by atoms with Gasteiger partial charge in [0.15, 0.2) is 0 Å². The number of hydrogen-bond donors (Lipinski definition) is 0. The molecule has 25 heavy (non-hydrogen) atoms. The van der Waals surface area contributed by atoms with Crippen molar-refractivity contribution in [1.82, 2.24) is 9.78 Å². The van der Waals surface area contributed by atoms with E-state index < -0.39 is 0 Å². The van der Waals surface area contributed by atoms with Crippen LogP contribution in [-0.4, -0.2) is 9.78 Å². The van der Waals surface area contributed by atoms with Crippen molar-refractivity contribution in [3.63, 3.8) is 0 Å². The van der Waals surface area contributed by atoms with Crippen LogP contribution >= 0.6 is 0 Å². The third-order valence-electron chi connectivity index (χ3n) is 4.45. The minimum atomic E-state index is 0.104. The molecule has 0 fully saturated rings. The Kier molecular flexibility index (Phi) is 4.79. The fraction of sp³-hybridized carbons (Fsp3) is 0.286. The Hall–Kier alpha value is -2.59. The molecule has 4 rings (SSSR count). The molecule has 0 saturated carbocycles. The third-order valence-corrected chi connectivity index (χ3v) is 4.45. The molecule has 0 radical (unpaired) electrons. The molecular formula is C21H22N2O2. The number of ether oxygens (including phenoxy) is 2. The van der Waals surface area contributed by atoms with Crippen LogP contribution in [0.25, 0.3) is 0 Å². The van der Waals surface area contributed by atoms with Gasteiger partial charge in [-0.25, -0.2) is 0 Å². The molecular weight excluding hydrogens is 312 g/mol. The molecule has 2 aromatic carbocycles. The molecule has 3 aromatic rings. The van der Waals surface area contributed by atoms with Gasteiger partial charge < -0.3 is 9.47 Å². The lowest BCUT2D eigenvalue weighted by Crippen LogP contribution is -2.18. The fourth-order valence-electron chi connectivity index (χ4n) is 3.18. The summed E-state index contributed by atoms with van der Waals surface area (Å²) < 4.78 is 14.1. The summed E-state index contributed by atoms with van der Waals surface area (Å²) in [5.41, 5.74) is 3.31. The predicted octanol–water partition coefficient (Wildman–Crippen LogP) is 4.51. The Morgan fingerprint density at radius 3 is 2.52 bits per heavy atom. The van der Waals surface area contributed by atoms with E-state index in [1.54, 1.807) is 0 Å². The Morgan fingerprint density at radius 1 is 0.960 bits per heavy atom. The maximum absolute atomic E-state index is 6.17. The number of fused-ring (bicyclic) bond motifs is 1. The Balaban J connectivity index is 1.41. The molecule has 1 aliphatic rings. The smallest absolute Gasteiger partial charge is 0.132 e. The Labute approximate surface area is 148 Å². The van der Waals surface area contributed by atoms with Crippen LogP contribution in [0.4, 0.5) is 0 Å². The van der Waals surface area contributed by atoms with Gasteiger partial charge in [0, 0.05) is 6.54 Å². The molecule has 1 atom stereocenters. The van der Waals surface area contributed by atoms with E-state index in [2.05, 4.69) is 28.0 Å². The van der Waals surface area contributed by atoms with E-state index in [9.17, 15) is 0 Å². The molecule has 0 bridgehead atoms. The maximum Gasteiger partial charge on any atom is 0.132 e. The highest BCUT2D eigenvalue weighted by Gasteiger charge is 2.23. The monoisotopic (exact) mass is 334 g/mol. The van der Waals surface area contributed by atoms with Crippen LogP contribution in [0.15, 0.2) is 66.7 Å². The second kappa shape index (κ2) is 7.53. The summed E-state index contributed by atoms with van der Waals surface area (Å²) in [6, 6.07) is 22.3. The molecule has 1 unspecified atom stereocenters. The lowest BCUT2D eigenvalue weighted by atomic mass is 10.1. The zero-order chi connectivity index (χ0) is 16.9. The number of para-hydroxylation sites is 1. The molecule has 1 aromatic heterocycles. The molecule has 2 heterocycles. The third kappa shape index (κ3) is 3.91. The first kappa shape index (κ1) is 15.9. The van der Waals surface area contributed by atoms with Crippen molar-refractivity contribution >= 4 is 0 Å². The maximum atomic E-state index is 6.17. The second-order valence-corrected chi connectivity index (χ2v) is 6.31. The Bertz CT molecular complexity index is 799. The van der Waals surface area contributed by atoms with Crippen molar-refractivity contribution in [2.45, 2.75) is 38.7 Å². The van der Waals surface area contributed by atoms with Crippen molar-refractivity contribution < 1.29 is 9.47 Å². The van der Waals surface area contributed by atoms with Crippen molar-refractivity contribution in [2.24, 2.45) is 0 Å². The first-order valence-electron chi connectivity index (χ1n) is 8.78. The number of rotatable bonds is 6. The van der Waals surface area contributed by atoms with E-state index in [4.69, 9.17) is 9.47 Å². The fourth-order valence-corrected chi connectivity index (χ4v) is 3.18. The number of hydrogen-bond acceptors (Lipinski definition) is 3. The number of nitrogens with zero attached hydrogens (tertiary/aromatic N) is 2. The van der Waals surface area contributed by atoms with Gasteiger partial charge in [-0.15, -0.1) is 0 Å². The number of aromatic nitrogens is 2. The summed E-state index contributed by atoms with van der Waals surface area (Å²) in [7, 11) is 0. The van der Waals surface area contributed by atoms with Crippen LogP contribution in [-0.2, 0) is 24.5 Å².